The summed E-state index contributed by atoms with van der Waals surface area (Å²) in [5, 5.41) is 0.546. The van der Waals surface area contributed by atoms with Crippen LogP contribution in [0.5, 0.6) is 0 Å². The largest absolute Gasteiger partial charge is 0.460 e. The Bertz CT molecular complexity index is 693. The van der Waals surface area contributed by atoms with Crippen LogP contribution in [0.15, 0.2) is 32.6 Å². The number of nitrogens with one attached hydrogen (secondary N) is 1. The van der Waals surface area contributed by atoms with Crippen LogP contribution < -0.4 is 5.56 Å². The number of H-pyrrole nitrogens is 1. The third-order valence-corrected chi connectivity index (χ3v) is 3.66. The smallest absolute Gasteiger partial charge is 0.374 e. The maximum Gasteiger partial charge on any atom is 0.374 e. The van der Waals surface area contributed by atoms with Crippen LogP contribution in [0, 0.1) is 0 Å². The molecule has 7 heteroatoms. The molecular weight excluding hydrogens is 304 g/mol. The lowest BCUT2D eigenvalue weighted by Gasteiger charge is -2.02. The zero-order chi connectivity index (χ0) is 15.9. The molecule has 0 aromatic carbocycles. The Hall–Kier alpha value is -2.02. The van der Waals surface area contributed by atoms with Crippen LogP contribution in [0.2, 0.25) is 0 Å². The van der Waals surface area contributed by atoms with E-state index in [0.717, 1.165) is 18.5 Å². The number of carbonyl (C=O) groups excluding carboxylic acids is 1. The zero-order valence-electron chi connectivity index (χ0n) is 12.5. The first-order chi connectivity index (χ1) is 10.6. The second-order valence-corrected chi connectivity index (χ2v) is 5.53. The van der Waals surface area contributed by atoms with Crippen LogP contribution >= 0.6 is 11.8 Å². The van der Waals surface area contributed by atoms with Gasteiger partial charge in [-0.2, -0.15) is 0 Å². The third-order valence-electron chi connectivity index (χ3n) is 2.77. The first kappa shape index (κ1) is 16.4. The van der Waals surface area contributed by atoms with Gasteiger partial charge in [-0.05, 0) is 25.5 Å². The highest BCUT2D eigenvalue weighted by atomic mass is 32.2. The molecule has 0 aliphatic carbocycles. The molecule has 0 saturated carbocycles. The normalized spacial score (nSPS) is 10.6. The lowest BCUT2D eigenvalue weighted by Crippen LogP contribution is -2.09. The van der Waals surface area contributed by atoms with E-state index in [1.165, 1.54) is 17.8 Å². The second-order valence-electron chi connectivity index (χ2n) is 4.57. The Morgan fingerprint density at radius 1 is 1.41 bits per heavy atom. The molecule has 0 aliphatic heterocycles. The molecule has 0 bridgehead atoms. The first-order valence-electron chi connectivity index (χ1n) is 7.11. The minimum absolute atomic E-state index is 0.160. The number of aromatic nitrogens is 2. The molecule has 2 aromatic rings. The summed E-state index contributed by atoms with van der Waals surface area (Å²) in [4.78, 5) is 30.2. The minimum atomic E-state index is -0.477. The number of hydrogen-bond acceptors (Lipinski definition) is 6. The van der Waals surface area contributed by atoms with E-state index < -0.39 is 5.97 Å². The van der Waals surface area contributed by atoms with E-state index in [2.05, 4.69) is 9.97 Å². The fourth-order valence-electron chi connectivity index (χ4n) is 1.84. The van der Waals surface area contributed by atoms with Crippen molar-refractivity contribution in [2.45, 2.75) is 37.6 Å². The second kappa shape index (κ2) is 7.84. The Labute approximate surface area is 132 Å². The van der Waals surface area contributed by atoms with Crippen molar-refractivity contribution >= 4 is 17.7 Å². The van der Waals surface area contributed by atoms with Crippen molar-refractivity contribution in [2.75, 3.05) is 6.61 Å². The summed E-state index contributed by atoms with van der Waals surface area (Å²) < 4.78 is 10.3. The average molecular weight is 322 g/mol. The van der Waals surface area contributed by atoms with Crippen molar-refractivity contribution in [3.05, 3.63) is 45.8 Å². The summed E-state index contributed by atoms with van der Waals surface area (Å²) in [6.45, 7) is 4.08. The van der Waals surface area contributed by atoms with Gasteiger partial charge in [0, 0.05) is 11.8 Å². The molecule has 0 aliphatic rings. The molecule has 2 heterocycles. The SMILES string of the molecule is CCCc1cc(=O)[nH]c(SCc2ccc(C(=O)OCC)o2)n1. The highest BCUT2D eigenvalue weighted by Gasteiger charge is 2.12. The average Bonchev–Trinajstić information content (AvgIpc) is 2.94. The van der Waals surface area contributed by atoms with Crippen molar-refractivity contribution in [1.82, 2.24) is 9.97 Å². The molecule has 118 valence electrons. The molecule has 0 atom stereocenters. The fourth-order valence-corrected chi connectivity index (χ4v) is 2.63. The number of aryl methyl sites for hydroxylation is 1. The Balaban J connectivity index is 2.01. The lowest BCUT2D eigenvalue weighted by molar-refractivity contribution is 0.0488. The van der Waals surface area contributed by atoms with Crippen molar-refractivity contribution < 1.29 is 13.9 Å². The van der Waals surface area contributed by atoms with E-state index in [1.807, 2.05) is 6.92 Å². The molecule has 0 spiro atoms. The summed E-state index contributed by atoms with van der Waals surface area (Å²) in [5.74, 6) is 0.795. The molecule has 0 amide bonds. The quantitative estimate of drug-likeness (QED) is 0.479. The molecule has 6 nitrogen and oxygen atoms in total. The standard InChI is InChI=1S/C15H18N2O4S/c1-3-5-10-8-13(18)17-15(16-10)22-9-11-6-7-12(21-11)14(19)20-4-2/h6-8H,3-5,9H2,1-2H3,(H,16,17,18). The van der Waals surface area contributed by atoms with Gasteiger partial charge in [-0.3, -0.25) is 4.79 Å². The van der Waals surface area contributed by atoms with Gasteiger partial charge in [0.25, 0.3) is 5.56 Å². The summed E-state index contributed by atoms with van der Waals surface area (Å²) in [6, 6.07) is 4.81. The Morgan fingerprint density at radius 2 is 2.23 bits per heavy atom. The molecule has 2 rings (SSSR count). The number of aromatic amines is 1. The number of rotatable bonds is 7. The van der Waals surface area contributed by atoms with Gasteiger partial charge in [0.05, 0.1) is 12.4 Å². The van der Waals surface area contributed by atoms with Crippen molar-refractivity contribution in [2.24, 2.45) is 0 Å². The van der Waals surface area contributed by atoms with Gasteiger partial charge in [0.15, 0.2) is 5.16 Å². The van der Waals surface area contributed by atoms with Gasteiger partial charge in [0.1, 0.15) is 5.76 Å². The summed E-state index contributed by atoms with van der Waals surface area (Å²) >= 11 is 1.35. The number of ether oxygens (including phenoxy) is 1. The minimum Gasteiger partial charge on any atom is -0.460 e. The maximum atomic E-state index is 11.6. The van der Waals surface area contributed by atoms with Crippen LogP contribution in [0.1, 0.15) is 42.3 Å². The molecule has 0 saturated heterocycles. The number of carbonyl (C=O) groups is 1. The summed E-state index contributed by atoms with van der Waals surface area (Å²) in [7, 11) is 0. The topological polar surface area (TPSA) is 85.2 Å². The number of nitrogens with zero attached hydrogens (tertiary/aromatic N) is 1. The van der Waals surface area contributed by atoms with Crippen LogP contribution in [0.4, 0.5) is 0 Å². The van der Waals surface area contributed by atoms with E-state index >= 15 is 0 Å². The Kier molecular flexibility index (Phi) is 5.83. The van der Waals surface area contributed by atoms with Gasteiger partial charge in [0.2, 0.25) is 5.76 Å². The van der Waals surface area contributed by atoms with Gasteiger partial charge >= 0.3 is 5.97 Å². The molecule has 22 heavy (non-hydrogen) atoms. The van der Waals surface area contributed by atoms with Crippen molar-refractivity contribution in [3.8, 4) is 0 Å². The van der Waals surface area contributed by atoms with Gasteiger partial charge < -0.3 is 14.1 Å². The predicted octanol–water partition coefficient (Wildman–Crippen LogP) is 2.78. The number of hydrogen-bond donors (Lipinski definition) is 1. The first-order valence-corrected chi connectivity index (χ1v) is 8.09. The van der Waals surface area contributed by atoms with Crippen molar-refractivity contribution in [1.29, 1.82) is 0 Å². The fraction of sp³-hybridized carbons (Fsp3) is 0.400. The van der Waals surface area contributed by atoms with Crippen LogP contribution in [0.25, 0.3) is 0 Å². The number of esters is 1. The van der Waals surface area contributed by atoms with E-state index in [1.54, 1.807) is 19.1 Å². The molecule has 2 aromatic heterocycles. The molecular formula is C15H18N2O4S. The van der Waals surface area contributed by atoms with Crippen molar-refractivity contribution in [3.63, 3.8) is 0 Å². The third kappa shape index (κ3) is 4.49. The van der Waals surface area contributed by atoms with Gasteiger partial charge in [-0.25, -0.2) is 9.78 Å². The molecule has 1 N–H and O–H groups in total. The summed E-state index contributed by atoms with van der Waals surface area (Å²) in [5.41, 5.74) is 0.619. The highest BCUT2D eigenvalue weighted by Crippen LogP contribution is 2.20. The molecule has 0 unspecified atom stereocenters. The van der Waals surface area contributed by atoms with Gasteiger partial charge in [-0.15, -0.1) is 0 Å². The monoisotopic (exact) mass is 322 g/mol. The predicted molar refractivity (Wildman–Crippen MR) is 83.1 cm³/mol. The van der Waals surface area contributed by atoms with Crippen LogP contribution in [-0.4, -0.2) is 22.5 Å². The van der Waals surface area contributed by atoms with E-state index in [9.17, 15) is 9.59 Å². The van der Waals surface area contributed by atoms with Gasteiger partial charge in [-0.1, -0.05) is 25.1 Å². The molecule has 0 radical (unpaired) electrons. The Morgan fingerprint density at radius 3 is 2.95 bits per heavy atom. The zero-order valence-corrected chi connectivity index (χ0v) is 13.4. The molecule has 0 fully saturated rings. The van der Waals surface area contributed by atoms with Crippen LogP contribution in [0.3, 0.4) is 0 Å². The number of thioether (sulfide) groups is 1. The lowest BCUT2D eigenvalue weighted by atomic mass is 10.2. The number of furan rings is 1. The van der Waals surface area contributed by atoms with E-state index in [-0.39, 0.29) is 11.3 Å². The highest BCUT2D eigenvalue weighted by molar-refractivity contribution is 7.98. The van der Waals surface area contributed by atoms with E-state index in [4.69, 9.17) is 9.15 Å². The summed E-state index contributed by atoms with van der Waals surface area (Å²) in [6.07, 6.45) is 1.70. The van der Waals surface area contributed by atoms with E-state index in [0.29, 0.717) is 23.3 Å². The maximum absolute atomic E-state index is 11.6. The van der Waals surface area contributed by atoms with Crippen LogP contribution in [-0.2, 0) is 16.9 Å².